The molecule has 1 aromatic heterocycles. The first-order valence-electron chi connectivity index (χ1n) is 7.75. The van der Waals surface area contributed by atoms with Gasteiger partial charge in [-0.05, 0) is 30.3 Å². The largest absolute Gasteiger partial charge is 0.350 e. The number of hydrogen-bond acceptors (Lipinski definition) is 1. The fraction of sp³-hybridized carbons (Fsp3) is 0.353. The minimum atomic E-state index is -0.487. The lowest BCUT2D eigenvalue weighted by Crippen LogP contribution is -3.11. The molecular weight excluding hydrogens is 317 g/mol. The van der Waals surface area contributed by atoms with E-state index in [1.165, 1.54) is 28.8 Å². The summed E-state index contributed by atoms with van der Waals surface area (Å²) in [5.74, 6) is -0.567. The van der Waals surface area contributed by atoms with Gasteiger partial charge in [-0.2, -0.15) is 0 Å². The van der Waals surface area contributed by atoms with Gasteiger partial charge in [0.05, 0.1) is 17.3 Å². The van der Waals surface area contributed by atoms with Crippen molar-refractivity contribution >= 4 is 23.2 Å². The van der Waals surface area contributed by atoms with Crippen LogP contribution in [-0.2, 0) is 11.8 Å². The molecule has 0 spiro atoms. The number of aryl methyl sites for hydroxylation is 1. The zero-order valence-corrected chi connectivity index (χ0v) is 13.7. The van der Waals surface area contributed by atoms with E-state index in [4.69, 9.17) is 11.6 Å². The predicted molar refractivity (Wildman–Crippen MR) is 88.1 cm³/mol. The van der Waals surface area contributed by atoms with Crippen LogP contribution in [0.2, 0.25) is 5.02 Å². The number of quaternary nitrogens is 1. The molecule has 23 heavy (non-hydrogen) atoms. The molecule has 2 N–H and O–H groups in total. The lowest BCUT2D eigenvalue weighted by atomic mass is 10.1. The highest BCUT2D eigenvalue weighted by Crippen LogP contribution is 2.20. The number of aromatic nitrogens is 1. The molecule has 1 unspecified atom stereocenters. The van der Waals surface area contributed by atoms with Crippen LogP contribution in [0, 0.1) is 5.82 Å². The summed E-state index contributed by atoms with van der Waals surface area (Å²) in [7, 11) is 2.03. The number of anilines is 1. The Kier molecular flexibility index (Phi) is 4.68. The van der Waals surface area contributed by atoms with Gasteiger partial charge >= 0.3 is 0 Å². The fourth-order valence-electron chi connectivity index (χ4n) is 3.30. The quantitative estimate of drug-likeness (QED) is 0.882. The van der Waals surface area contributed by atoms with Gasteiger partial charge in [0.15, 0.2) is 6.54 Å². The van der Waals surface area contributed by atoms with Crippen molar-refractivity contribution in [1.82, 2.24) is 4.57 Å². The van der Waals surface area contributed by atoms with Gasteiger partial charge < -0.3 is 14.8 Å². The molecule has 0 aliphatic carbocycles. The molecule has 2 heterocycles. The number of carbonyl (C=O) groups is 1. The van der Waals surface area contributed by atoms with E-state index in [1.807, 2.05) is 19.3 Å². The molecular formula is C17H20ClFN3O+. The average Bonchev–Trinajstić information content (AvgIpc) is 3.11. The molecule has 0 radical (unpaired) electrons. The maximum absolute atomic E-state index is 13.2. The Labute approximate surface area is 139 Å². The monoisotopic (exact) mass is 336 g/mol. The Hall–Kier alpha value is -1.85. The molecule has 2 aromatic rings. The van der Waals surface area contributed by atoms with Crippen molar-refractivity contribution in [2.75, 3.05) is 18.4 Å². The summed E-state index contributed by atoms with van der Waals surface area (Å²) in [6.07, 6.45) is 4.23. The highest BCUT2D eigenvalue weighted by Gasteiger charge is 2.32. The van der Waals surface area contributed by atoms with E-state index in [1.54, 1.807) is 0 Å². The lowest BCUT2D eigenvalue weighted by molar-refractivity contribution is -0.910. The van der Waals surface area contributed by atoms with Gasteiger partial charge in [0.25, 0.3) is 5.91 Å². The van der Waals surface area contributed by atoms with Crippen molar-refractivity contribution in [1.29, 1.82) is 0 Å². The maximum Gasteiger partial charge on any atom is 0.279 e. The van der Waals surface area contributed by atoms with Crippen LogP contribution in [0.1, 0.15) is 24.6 Å². The molecule has 6 heteroatoms. The summed E-state index contributed by atoms with van der Waals surface area (Å²) in [4.78, 5) is 13.6. The molecule has 4 nitrogen and oxygen atoms in total. The van der Waals surface area contributed by atoms with Crippen molar-refractivity contribution in [2.24, 2.45) is 7.05 Å². The van der Waals surface area contributed by atoms with E-state index in [-0.39, 0.29) is 10.9 Å². The summed E-state index contributed by atoms with van der Waals surface area (Å²) >= 11 is 5.74. The molecule has 1 aromatic carbocycles. The number of benzene rings is 1. The van der Waals surface area contributed by atoms with E-state index in [2.05, 4.69) is 16.0 Å². The highest BCUT2D eigenvalue weighted by molar-refractivity contribution is 6.31. The zero-order chi connectivity index (χ0) is 16.4. The molecule has 1 fully saturated rings. The number of rotatable bonds is 4. The van der Waals surface area contributed by atoms with Gasteiger partial charge in [-0.15, -0.1) is 0 Å². The molecule has 1 aliphatic heterocycles. The molecule has 3 rings (SSSR count). The summed E-state index contributed by atoms with van der Waals surface area (Å²) in [5.41, 5.74) is 1.78. The third kappa shape index (κ3) is 3.57. The van der Waals surface area contributed by atoms with E-state index in [9.17, 15) is 9.18 Å². The SMILES string of the molecule is Cn1cccc1[C@@H]1CCC[NH+]1CC(=O)Nc1ccc(F)c(Cl)c1. The van der Waals surface area contributed by atoms with Crippen LogP contribution in [0.4, 0.5) is 10.1 Å². The van der Waals surface area contributed by atoms with Crippen molar-refractivity contribution in [3.05, 3.63) is 53.1 Å². The van der Waals surface area contributed by atoms with Crippen LogP contribution in [0.3, 0.4) is 0 Å². The maximum atomic E-state index is 13.2. The minimum absolute atomic E-state index is 0.0120. The second-order valence-electron chi connectivity index (χ2n) is 6.00. The first-order chi connectivity index (χ1) is 11.0. The van der Waals surface area contributed by atoms with Crippen molar-refractivity contribution in [2.45, 2.75) is 18.9 Å². The van der Waals surface area contributed by atoms with Crippen LogP contribution in [0.5, 0.6) is 0 Å². The first-order valence-corrected chi connectivity index (χ1v) is 8.13. The fourth-order valence-corrected chi connectivity index (χ4v) is 3.48. The summed E-state index contributed by atoms with van der Waals surface area (Å²) in [6.45, 7) is 1.37. The second kappa shape index (κ2) is 6.72. The van der Waals surface area contributed by atoms with Crippen LogP contribution in [0.15, 0.2) is 36.5 Å². The van der Waals surface area contributed by atoms with Gasteiger partial charge in [-0.1, -0.05) is 11.6 Å². The van der Waals surface area contributed by atoms with Crippen molar-refractivity contribution < 1.29 is 14.1 Å². The third-order valence-electron chi connectivity index (χ3n) is 4.42. The molecule has 1 saturated heterocycles. The Morgan fingerprint density at radius 3 is 3.00 bits per heavy atom. The van der Waals surface area contributed by atoms with Gasteiger partial charge in [-0.25, -0.2) is 4.39 Å². The number of nitrogens with one attached hydrogen (secondary N) is 2. The average molecular weight is 337 g/mol. The van der Waals surface area contributed by atoms with Gasteiger partial charge in [0.1, 0.15) is 11.9 Å². The van der Waals surface area contributed by atoms with Gasteiger partial charge in [0, 0.05) is 31.8 Å². The van der Waals surface area contributed by atoms with Crippen LogP contribution >= 0.6 is 11.6 Å². The smallest absolute Gasteiger partial charge is 0.279 e. The van der Waals surface area contributed by atoms with Crippen molar-refractivity contribution in [3.63, 3.8) is 0 Å². The van der Waals surface area contributed by atoms with E-state index < -0.39 is 5.82 Å². The molecule has 0 bridgehead atoms. The first kappa shape index (κ1) is 16.0. The Morgan fingerprint density at radius 1 is 1.48 bits per heavy atom. The third-order valence-corrected chi connectivity index (χ3v) is 4.71. The van der Waals surface area contributed by atoms with Gasteiger partial charge in [0.2, 0.25) is 0 Å². The normalized spacial score (nSPS) is 20.7. The predicted octanol–water partition coefficient (Wildman–Crippen LogP) is 2.18. The lowest BCUT2D eigenvalue weighted by Gasteiger charge is -2.21. The molecule has 1 aliphatic rings. The minimum Gasteiger partial charge on any atom is -0.350 e. The Bertz CT molecular complexity index is 716. The number of hydrogen-bond donors (Lipinski definition) is 2. The van der Waals surface area contributed by atoms with Crippen LogP contribution < -0.4 is 10.2 Å². The van der Waals surface area contributed by atoms with Gasteiger partial charge in [-0.3, -0.25) is 4.79 Å². The van der Waals surface area contributed by atoms with Crippen LogP contribution in [0.25, 0.3) is 0 Å². The summed E-state index contributed by atoms with van der Waals surface area (Å²) in [6, 6.07) is 8.71. The number of nitrogens with zero attached hydrogens (tertiary/aromatic N) is 1. The topological polar surface area (TPSA) is 38.5 Å². The molecule has 1 amide bonds. The van der Waals surface area contributed by atoms with Crippen molar-refractivity contribution in [3.8, 4) is 0 Å². The number of amides is 1. The highest BCUT2D eigenvalue weighted by atomic mass is 35.5. The van der Waals surface area contributed by atoms with E-state index in [0.29, 0.717) is 18.3 Å². The standard InChI is InChI=1S/C17H19ClFN3O/c1-21-8-2-4-15(21)16-5-3-9-22(16)11-17(23)20-12-6-7-14(19)13(18)10-12/h2,4,6-8,10,16H,3,5,9,11H2,1H3,(H,20,23)/p+1/t16-/m0/s1. The number of halogens is 2. The zero-order valence-electron chi connectivity index (χ0n) is 13.0. The van der Waals surface area contributed by atoms with Crippen LogP contribution in [-0.4, -0.2) is 23.6 Å². The van der Waals surface area contributed by atoms with E-state index in [0.717, 1.165) is 19.4 Å². The number of carbonyl (C=O) groups excluding carboxylic acids is 1. The molecule has 0 saturated carbocycles. The number of likely N-dealkylation sites (tertiary alicyclic amines) is 1. The summed E-state index contributed by atoms with van der Waals surface area (Å²) < 4.78 is 15.3. The molecule has 2 atom stereocenters. The Balaban J connectivity index is 1.65. The Morgan fingerprint density at radius 2 is 2.30 bits per heavy atom. The second-order valence-corrected chi connectivity index (χ2v) is 6.41. The van der Waals surface area contributed by atoms with E-state index >= 15 is 0 Å². The molecule has 122 valence electrons. The summed E-state index contributed by atoms with van der Waals surface area (Å²) in [5, 5.41) is 2.81.